The van der Waals surface area contributed by atoms with Gasteiger partial charge in [0.2, 0.25) is 0 Å². The molecule has 0 aromatic heterocycles. The first-order valence-corrected chi connectivity index (χ1v) is 6.70. The van der Waals surface area contributed by atoms with Crippen LogP contribution in [0.5, 0.6) is 0 Å². The summed E-state index contributed by atoms with van der Waals surface area (Å²) < 4.78 is 15.1. The number of esters is 2. The summed E-state index contributed by atoms with van der Waals surface area (Å²) in [6.07, 6.45) is 0.691. The molecule has 7 heteroatoms. The zero-order valence-corrected chi connectivity index (χ0v) is 13.0. The topological polar surface area (TPSA) is 82.1 Å². The summed E-state index contributed by atoms with van der Waals surface area (Å²) in [7, 11) is 0. The number of rotatable bonds is 3. The minimum atomic E-state index is -0.818. The quantitative estimate of drug-likeness (QED) is 0.584. The third-order valence-electron chi connectivity index (χ3n) is 2.47. The molecule has 21 heavy (non-hydrogen) atoms. The van der Waals surface area contributed by atoms with Crippen molar-refractivity contribution in [2.75, 3.05) is 13.2 Å². The van der Waals surface area contributed by atoms with E-state index in [0.717, 1.165) is 0 Å². The third kappa shape index (κ3) is 5.09. The molecule has 1 aliphatic heterocycles. The summed E-state index contributed by atoms with van der Waals surface area (Å²) >= 11 is 0. The van der Waals surface area contributed by atoms with Crippen molar-refractivity contribution < 1.29 is 28.6 Å². The fraction of sp³-hybridized carbons (Fsp3) is 0.643. The zero-order chi connectivity index (χ0) is 16.2. The molecule has 7 nitrogen and oxygen atoms in total. The highest BCUT2D eigenvalue weighted by molar-refractivity contribution is 5.80. The number of carbonyl (C=O) groups is 3. The molecule has 0 spiro atoms. The van der Waals surface area contributed by atoms with E-state index in [4.69, 9.17) is 14.2 Å². The van der Waals surface area contributed by atoms with Crippen molar-refractivity contribution in [2.45, 2.75) is 40.2 Å². The average Bonchev–Trinajstić information content (AvgIpc) is 2.70. The molecule has 0 fully saturated rings. The molecular weight excluding hydrogens is 278 g/mol. The molecule has 1 unspecified atom stereocenters. The number of hydrogen-bond acceptors (Lipinski definition) is 6. The second kappa shape index (κ2) is 6.60. The molecule has 0 bridgehead atoms. The van der Waals surface area contributed by atoms with Gasteiger partial charge in [0.1, 0.15) is 17.3 Å². The number of nitrogens with zero attached hydrogens (tertiary/aromatic N) is 1. The normalized spacial score (nSPS) is 18.0. The Morgan fingerprint density at radius 3 is 2.43 bits per heavy atom. The monoisotopic (exact) mass is 299 g/mol. The van der Waals surface area contributed by atoms with Crippen LogP contribution in [0.25, 0.3) is 0 Å². The van der Waals surface area contributed by atoms with Gasteiger partial charge in [-0.25, -0.2) is 4.79 Å². The summed E-state index contributed by atoms with van der Waals surface area (Å²) in [5.41, 5.74) is -0.658. The van der Waals surface area contributed by atoms with Gasteiger partial charge in [0.15, 0.2) is 0 Å². The first-order valence-electron chi connectivity index (χ1n) is 6.70. The van der Waals surface area contributed by atoms with Crippen molar-refractivity contribution in [1.29, 1.82) is 0 Å². The summed E-state index contributed by atoms with van der Waals surface area (Å²) in [4.78, 5) is 36.1. The summed E-state index contributed by atoms with van der Waals surface area (Å²) in [5.74, 6) is -1.84. The molecule has 0 aliphatic carbocycles. The maximum absolute atomic E-state index is 12.0. The number of hydrogen-bond donors (Lipinski definition) is 0. The van der Waals surface area contributed by atoms with Crippen LogP contribution in [-0.4, -0.2) is 41.7 Å². The number of ether oxygens (including phenoxy) is 3. The molecule has 1 amide bonds. The lowest BCUT2D eigenvalue weighted by molar-refractivity contribution is -0.149. The van der Waals surface area contributed by atoms with Gasteiger partial charge in [-0.05, 0) is 27.7 Å². The van der Waals surface area contributed by atoms with Crippen LogP contribution < -0.4 is 0 Å². The largest absolute Gasteiger partial charge is 0.465 e. The van der Waals surface area contributed by atoms with E-state index >= 15 is 0 Å². The van der Waals surface area contributed by atoms with Crippen molar-refractivity contribution in [3.05, 3.63) is 12.0 Å². The Kier molecular flexibility index (Phi) is 5.34. The van der Waals surface area contributed by atoms with Gasteiger partial charge in [-0.15, -0.1) is 0 Å². The Hall–Kier alpha value is -2.05. The molecule has 0 saturated heterocycles. The smallest absolute Gasteiger partial charge is 0.414 e. The lowest BCUT2D eigenvalue weighted by Crippen LogP contribution is -2.35. The standard InChI is InChI=1S/C14H21NO6/c1-6-19-12(17)10-7-15(8-11(10)20-9(2)16)13(18)21-14(3,4)5/h8,10H,6-7H2,1-5H3. The molecule has 118 valence electrons. The Balaban J connectivity index is 2.86. The molecule has 0 N–H and O–H groups in total. The molecular formula is C14H21NO6. The molecule has 1 aliphatic rings. The lowest BCUT2D eigenvalue weighted by atomic mass is 10.1. The summed E-state index contributed by atoms with van der Waals surface area (Å²) in [5, 5.41) is 0. The average molecular weight is 299 g/mol. The first-order chi connectivity index (χ1) is 9.64. The van der Waals surface area contributed by atoms with Gasteiger partial charge in [-0.2, -0.15) is 0 Å². The van der Waals surface area contributed by atoms with Gasteiger partial charge in [-0.3, -0.25) is 14.5 Å². The van der Waals surface area contributed by atoms with Crippen LogP contribution >= 0.6 is 0 Å². The molecule has 0 saturated carbocycles. The molecule has 1 heterocycles. The maximum Gasteiger partial charge on any atom is 0.414 e. The Morgan fingerprint density at radius 2 is 1.95 bits per heavy atom. The van der Waals surface area contributed by atoms with Crippen LogP contribution in [0.2, 0.25) is 0 Å². The highest BCUT2D eigenvalue weighted by Crippen LogP contribution is 2.26. The van der Waals surface area contributed by atoms with E-state index < -0.39 is 29.6 Å². The van der Waals surface area contributed by atoms with E-state index in [1.165, 1.54) is 18.0 Å². The van der Waals surface area contributed by atoms with Crippen molar-refractivity contribution in [3.8, 4) is 0 Å². The van der Waals surface area contributed by atoms with Crippen LogP contribution in [0.4, 0.5) is 4.79 Å². The summed E-state index contributed by atoms with van der Waals surface area (Å²) in [6, 6.07) is 0. The number of carbonyl (C=O) groups excluding carboxylic acids is 3. The van der Waals surface area contributed by atoms with Crippen molar-refractivity contribution in [2.24, 2.45) is 5.92 Å². The highest BCUT2D eigenvalue weighted by atomic mass is 16.6. The molecule has 0 aromatic carbocycles. The van der Waals surface area contributed by atoms with Crippen LogP contribution in [0, 0.1) is 5.92 Å². The van der Waals surface area contributed by atoms with Gasteiger partial charge in [0, 0.05) is 19.7 Å². The Bertz CT molecular complexity index is 463. The third-order valence-corrected chi connectivity index (χ3v) is 2.47. The second-order valence-electron chi connectivity index (χ2n) is 5.56. The van der Waals surface area contributed by atoms with Gasteiger partial charge in [-0.1, -0.05) is 0 Å². The minimum Gasteiger partial charge on any atom is -0.465 e. The van der Waals surface area contributed by atoms with Gasteiger partial charge < -0.3 is 14.2 Å². The second-order valence-corrected chi connectivity index (χ2v) is 5.56. The molecule has 0 aromatic rings. The van der Waals surface area contributed by atoms with Crippen LogP contribution in [0.3, 0.4) is 0 Å². The predicted molar refractivity (Wildman–Crippen MR) is 72.9 cm³/mol. The van der Waals surface area contributed by atoms with E-state index in [2.05, 4.69) is 0 Å². The predicted octanol–water partition coefficient (Wildman–Crippen LogP) is 1.82. The lowest BCUT2D eigenvalue weighted by Gasteiger charge is -2.23. The van der Waals surface area contributed by atoms with E-state index in [0.29, 0.717) is 0 Å². The van der Waals surface area contributed by atoms with E-state index in [1.807, 2.05) is 0 Å². The van der Waals surface area contributed by atoms with E-state index in [9.17, 15) is 14.4 Å². The molecule has 1 rings (SSSR count). The first kappa shape index (κ1) is 17.0. The van der Waals surface area contributed by atoms with Gasteiger partial charge in [0.25, 0.3) is 0 Å². The maximum atomic E-state index is 12.0. The Morgan fingerprint density at radius 1 is 1.33 bits per heavy atom. The molecule has 0 radical (unpaired) electrons. The zero-order valence-electron chi connectivity index (χ0n) is 13.0. The number of amides is 1. The summed E-state index contributed by atoms with van der Waals surface area (Å²) in [6.45, 7) is 8.33. The van der Waals surface area contributed by atoms with Crippen molar-refractivity contribution in [3.63, 3.8) is 0 Å². The SMILES string of the molecule is CCOC(=O)C1CN(C(=O)OC(C)(C)C)C=C1OC(C)=O. The minimum absolute atomic E-state index is 0.0242. The highest BCUT2D eigenvalue weighted by Gasteiger charge is 2.38. The van der Waals surface area contributed by atoms with E-state index in [1.54, 1.807) is 27.7 Å². The van der Waals surface area contributed by atoms with Gasteiger partial charge >= 0.3 is 18.0 Å². The van der Waals surface area contributed by atoms with E-state index in [-0.39, 0.29) is 18.9 Å². The van der Waals surface area contributed by atoms with Crippen LogP contribution in [0.15, 0.2) is 12.0 Å². The van der Waals surface area contributed by atoms with Crippen LogP contribution in [0.1, 0.15) is 34.6 Å². The molecule has 1 atom stereocenters. The van der Waals surface area contributed by atoms with Gasteiger partial charge in [0.05, 0.1) is 6.61 Å². The Labute approximate surface area is 123 Å². The van der Waals surface area contributed by atoms with Crippen molar-refractivity contribution >= 4 is 18.0 Å². The van der Waals surface area contributed by atoms with Crippen LogP contribution in [-0.2, 0) is 23.8 Å². The fourth-order valence-electron chi connectivity index (χ4n) is 1.73. The fourth-order valence-corrected chi connectivity index (χ4v) is 1.73. The van der Waals surface area contributed by atoms with Crippen molar-refractivity contribution in [1.82, 2.24) is 4.90 Å².